The van der Waals surface area contributed by atoms with Crippen molar-refractivity contribution in [3.8, 4) is 5.75 Å². The van der Waals surface area contributed by atoms with Crippen molar-refractivity contribution >= 4 is 5.97 Å². The molecule has 4 heteroatoms. The van der Waals surface area contributed by atoms with Crippen LogP contribution >= 0.6 is 0 Å². The maximum atomic E-state index is 11.1. The Morgan fingerprint density at radius 1 is 1.53 bits per heavy atom. The molecule has 1 aromatic rings. The molecule has 0 radical (unpaired) electrons. The predicted octanol–water partition coefficient (Wildman–Crippen LogP) is 1.75. The van der Waals surface area contributed by atoms with Gasteiger partial charge in [0.2, 0.25) is 0 Å². The van der Waals surface area contributed by atoms with Gasteiger partial charge in [0.05, 0.1) is 0 Å². The zero-order valence-electron chi connectivity index (χ0n) is 11.1. The van der Waals surface area contributed by atoms with Crippen LogP contribution in [-0.2, 0) is 11.2 Å². The van der Waals surface area contributed by atoms with Crippen LogP contribution < -0.4 is 10.1 Å². The number of fused-ring (bicyclic) bond motifs is 1. The monoisotopic (exact) mass is 261 g/mol. The highest BCUT2D eigenvalue weighted by molar-refractivity contribution is 5.74. The van der Waals surface area contributed by atoms with Gasteiger partial charge in [-0.2, -0.15) is 0 Å². The standard InChI is InChI=1S/C15H19NO3/c1-9-2-5-13-11(6-9)7-12(19-13)8-16-14(15(17)18)10-3-4-10/h2,5-6,10,12,14,16H,3-4,7-8H2,1H3,(H,17,18). The summed E-state index contributed by atoms with van der Waals surface area (Å²) < 4.78 is 5.84. The zero-order valence-corrected chi connectivity index (χ0v) is 11.1. The van der Waals surface area contributed by atoms with Gasteiger partial charge in [0.25, 0.3) is 0 Å². The molecule has 0 saturated heterocycles. The third-order valence-corrected chi connectivity index (χ3v) is 3.88. The van der Waals surface area contributed by atoms with E-state index < -0.39 is 12.0 Å². The average Bonchev–Trinajstić information content (AvgIpc) is 3.09. The second-order valence-electron chi connectivity index (χ2n) is 5.62. The van der Waals surface area contributed by atoms with E-state index in [0.29, 0.717) is 12.5 Å². The topological polar surface area (TPSA) is 58.6 Å². The third kappa shape index (κ3) is 2.73. The molecule has 1 aliphatic heterocycles. The minimum atomic E-state index is -0.742. The Morgan fingerprint density at radius 3 is 3.00 bits per heavy atom. The summed E-state index contributed by atoms with van der Waals surface area (Å²) >= 11 is 0. The van der Waals surface area contributed by atoms with Gasteiger partial charge in [-0.3, -0.25) is 4.79 Å². The van der Waals surface area contributed by atoms with Gasteiger partial charge in [0.15, 0.2) is 0 Å². The van der Waals surface area contributed by atoms with Crippen LogP contribution in [0.2, 0.25) is 0 Å². The molecule has 0 spiro atoms. The molecule has 2 unspecified atom stereocenters. The molecule has 0 amide bonds. The zero-order chi connectivity index (χ0) is 13.4. The maximum Gasteiger partial charge on any atom is 0.320 e. The molecule has 3 rings (SSSR count). The van der Waals surface area contributed by atoms with E-state index in [9.17, 15) is 4.79 Å². The number of carbonyl (C=O) groups is 1. The first kappa shape index (κ1) is 12.5. The molecule has 4 nitrogen and oxygen atoms in total. The number of carboxylic acids is 1. The van der Waals surface area contributed by atoms with Crippen molar-refractivity contribution in [3.05, 3.63) is 29.3 Å². The van der Waals surface area contributed by atoms with Crippen LogP contribution in [0.1, 0.15) is 24.0 Å². The predicted molar refractivity (Wildman–Crippen MR) is 71.4 cm³/mol. The number of hydrogen-bond acceptors (Lipinski definition) is 3. The fourth-order valence-corrected chi connectivity index (χ4v) is 2.71. The van der Waals surface area contributed by atoms with Crippen molar-refractivity contribution in [2.75, 3.05) is 6.54 Å². The van der Waals surface area contributed by atoms with E-state index in [2.05, 4.69) is 18.3 Å². The van der Waals surface area contributed by atoms with Crippen molar-refractivity contribution in [3.63, 3.8) is 0 Å². The Morgan fingerprint density at radius 2 is 2.32 bits per heavy atom. The summed E-state index contributed by atoms with van der Waals surface area (Å²) in [6.07, 6.45) is 2.96. The highest BCUT2D eigenvalue weighted by atomic mass is 16.5. The summed E-state index contributed by atoms with van der Waals surface area (Å²) in [7, 11) is 0. The fourth-order valence-electron chi connectivity index (χ4n) is 2.71. The molecule has 2 N–H and O–H groups in total. The van der Waals surface area contributed by atoms with Gasteiger partial charge in [-0.05, 0) is 37.3 Å². The Labute approximate surface area is 112 Å². The van der Waals surface area contributed by atoms with E-state index in [4.69, 9.17) is 9.84 Å². The molecule has 1 aromatic carbocycles. The summed E-state index contributed by atoms with van der Waals surface area (Å²) in [5.41, 5.74) is 2.46. The smallest absolute Gasteiger partial charge is 0.320 e. The van der Waals surface area contributed by atoms with E-state index >= 15 is 0 Å². The number of benzene rings is 1. The molecule has 102 valence electrons. The lowest BCUT2D eigenvalue weighted by Gasteiger charge is -2.17. The van der Waals surface area contributed by atoms with E-state index in [1.807, 2.05) is 12.1 Å². The summed E-state index contributed by atoms with van der Waals surface area (Å²) in [6.45, 7) is 2.67. The van der Waals surface area contributed by atoms with Crippen LogP contribution in [0.25, 0.3) is 0 Å². The number of rotatable bonds is 5. The summed E-state index contributed by atoms with van der Waals surface area (Å²) in [5, 5.41) is 12.3. The SMILES string of the molecule is Cc1ccc2c(c1)CC(CNC(C(=O)O)C1CC1)O2. The number of ether oxygens (including phenoxy) is 1. The van der Waals surface area contributed by atoms with Gasteiger partial charge in [-0.1, -0.05) is 17.7 Å². The Balaban J connectivity index is 1.57. The highest BCUT2D eigenvalue weighted by Crippen LogP contribution is 2.33. The van der Waals surface area contributed by atoms with Gasteiger partial charge < -0.3 is 15.2 Å². The van der Waals surface area contributed by atoms with Gasteiger partial charge in [0.1, 0.15) is 17.9 Å². The molecule has 1 heterocycles. The molecule has 2 aliphatic rings. The lowest BCUT2D eigenvalue weighted by Crippen LogP contribution is -2.43. The minimum absolute atomic E-state index is 0.0531. The lowest BCUT2D eigenvalue weighted by atomic mass is 10.1. The summed E-state index contributed by atoms with van der Waals surface area (Å²) in [4.78, 5) is 11.1. The molecule has 1 saturated carbocycles. The van der Waals surface area contributed by atoms with Crippen LogP contribution in [0.3, 0.4) is 0 Å². The molecular formula is C15H19NO3. The van der Waals surface area contributed by atoms with E-state index in [0.717, 1.165) is 25.0 Å². The Hall–Kier alpha value is -1.55. The van der Waals surface area contributed by atoms with Crippen LogP contribution in [0.5, 0.6) is 5.75 Å². The van der Waals surface area contributed by atoms with Gasteiger partial charge in [-0.25, -0.2) is 0 Å². The van der Waals surface area contributed by atoms with Crippen molar-refractivity contribution in [2.45, 2.75) is 38.3 Å². The largest absolute Gasteiger partial charge is 0.488 e. The van der Waals surface area contributed by atoms with Crippen molar-refractivity contribution < 1.29 is 14.6 Å². The molecule has 0 aromatic heterocycles. The normalized spacial score (nSPS) is 22.7. The highest BCUT2D eigenvalue weighted by Gasteiger charge is 2.36. The third-order valence-electron chi connectivity index (χ3n) is 3.88. The first-order valence-electron chi connectivity index (χ1n) is 6.86. The van der Waals surface area contributed by atoms with Gasteiger partial charge >= 0.3 is 5.97 Å². The first-order chi connectivity index (χ1) is 9.13. The van der Waals surface area contributed by atoms with E-state index in [1.54, 1.807) is 0 Å². The minimum Gasteiger partial charge on any atom is -0.488 e. The molecular weight excluding hydrogens is 242 g/mol. The molecule has 1 fully saturated rings. The lowest BCUT2D eigenvalue weighted by molar-refractivity contribution is -0.140. The van der Waals surface area contributed by atoms with Crippen molar-refractivity contribution in [2.24, 2.45) is 5.92 Å². The molecule has 0 bridgehead atoms. The van der Waals surface area contributed by atoms with E-state index in [-0.39, 0.29) is 6.10 Å². The summed E-state index contributed by atoms with van der Waals surface area (Å²) in [5.74, 6) is 0.507. The number of aryl methyl sites for hydroxylation is 1. The summed E-state index contributed by atoms with van der Waals surface area (Å²) in [6, 6.07) is 5.78. The van der Waals surface area contributed by atoms with Crippen LogP contribution in [0.15, 0.2) is 18.2 Å². The number of aliphatic carboxylic acids is 1. The Bertz CT molecular complexity index is 496. The van der Waals surface area contributed by atoms with Crippen molar-refractivity contribution in [1.29, 1.82) is 0 Å². The van der Waals surface area contributed by atoms with Gasteiger partial charge in [0, 0.05) is 13.0 Å². The first-order valence-corrected chi connectivity index (χ1v) is 6.86. The molecule has 2 atom stereocenters. The molecule has 19 heavy (non-hydrogen) atoms. The maximum absolute atomic E-state index is 11.1. The van der Waals surface area contributed by atoms with E-state index in [1.165, 1.54) is 11.1 Å². The number of carboxylic acid groups (broad SMARTS) is 1. The van der Waals surface area contributed by atoms with Crippen LogP contribution in [0.4, 0.5) is 0 Å². The molecule has 1 aliphatic carbocycles. The quantitative estimate of drug-likeness (QED) is 0.848. The average molecular weight is 261 g/mol. The van der Waals surface area contributed by atoms with Crippen LogP contribution in [-0.4, -0.2) is 29.8 Å². The number of hydrogen-bond donors (Lipinski definition) is 2. The number of nitrogens with one attached hydrogen (secondary N) is 1. The second kappa shape index (κ2) is 4.85. The second-order valence-corrected chi connectivity index (χ2v) is 5.62. The Kier molecular flexibility index (Phi) is 3.19. The van der Waals surface area contributed by atoms with Crippen LogP contribution in [0, 0.1) is 12.8 Å². The van der Waals surface area contributed by atoms with Crippen molar-refractivity contribution in [1.82, 2.24) is 5.32 Å². The van der Waals surface area contributed by atoms with Gasteiger partial charge in [-0.15, -0.1) is 0 Å². The fraction of sp³-hybridized carbons (Fsp3) is 0.533.